The second-order valence-electron chi connectivity index (χ2n) is 3.47. The SMILES string of the molecule is COc1nccnc1C(=O)c1cc(Br)ccc1N. The normalized spacial score (nSPS) is 10.1. The molecule has 0 saturated carbocycles. The quantitative estimate of drug-likeness (QED) is 0.693. The average Bonchev–Trinajstić information content (AvgIpc) is 2.40. The molecule has 0 fully saturated rings. The largest absolute Gasteiger partial charge is 0.479 e. The number of anilines is 1. The van der Waals surface area contributed by atoms with E-state index in [1.807, 2.05) is 0 Å². The molecule has 2 aromatic rings. The van der Waals surface area contributed by atoms with Crippen molar-refractivity contribution in [2.24, 2.45) is 0 Å². The predicted octanol–water partition coefficient (Wildman–Crippen LogP) is 2.06. The highest BCUT2D eigenvalue weighted by atomic mass is 79.9. The first kappa shape index (κ1) is 12.5. The summed E-state index contributed by atoms with van der Waals surface area (Å²) in [4.78, 5) is 20.2. The third kappa shape index (κ3) is 2.33. The highest BCUT2D eigenvalue weighted by molar-refractivity contribution is 9.10. The minimum absolute atomic E-state index is 0.143. The van der Waals surface area contributed by atoms with Crippen LogP contribution in [0.2, 0.25) is 0 Å². The van der Waals surface area contributed by atoms with Crippen molar-refractivity contribution in [1.29, 1.82) is 0 Å². The fourth-order valence-corrected chi connectivity index (χ4v) is 1.84. The van der Waals surface area contributed by atoms with E-state index in [-0.39, 0.29) is 17.4 Å². The molecular formula is C12H10BrN3O2. The lowest BCUT2D eigenvalue weighted by Gasteiger charge is -2.07. The van der Waals surface area contributed by atoms with Crippen molar-refractivity contribution in [1.82, 2.24) is 9.97 Å². The summed E-state index contributed by atoms with van der Waals surface area (Å²) in [6, 6.07) is 5.06. The summed E-state index contributed by atoms with van der Waals surface area (Å²) in [5, 5.41) is 0. The fraction of sp³-hybridized carbons (Fsp3) is 0.0833. The second-order valence-corrected chi connectivity index (χ2v) is 4.39. The number of benzene rings is 1. The van der Waals surface area contributed by atoms with Gasteiger partial charge in [0.1, 0.15) is 0 Å². The van der Waals surface area contributed by atoms with E-state index in [2.05, 4.69) is 25.9 Å². The summed E-state index contributed by atoms with van der Waals surface area (Å²) >= 11 is 3.30. The molecule has 18 heavy (non-hydrogen) atoms. The number of hydrogen-bond acceptors (Lipinski definition) is 5. The van der Waals surface area contributed by atoms with Crippen molar-refractivity contribution < 1.29 is 9.53 Å². The van der Waals surface area contributed by atoms with Crippen LogP contribution in [-0.4, -0.2) is 22.9 Å². The summed E-state index contributed by atoms with van der Waals surface area (Å²) in [6.07, 6.45) is 2.89. The number of ether oxygens (including phenoxy) is 1. The Hall–Kier alpha value is -1.95. The maximum atomic E-state index is 12.3. The molecule has 0 aliphatic rings. The van der Waals surface area contributed by atoms with E-state index < -0.39 is 0 Å². The highest BCUT2D eigenvalue weighted by Crippen LogP contribution is 2.23. The molecule has 0 saturated heterocycles. The molecular weight excluding hydrogens is 298 g/mol. The third-order valence-corrected chi connectivity index (χ3v) is 2.83. The van der Waals surface area contributed by atoms with Gasteiger partial charge in [-0.05, 0) is 18.2 Å². The minimum Gasteiger partial charge on any atom is -0.479 e. The first-order valence-corrected chi connectivity index (χ1v) is 5.87. The van der Waals surface area contributed by atoms with E-state index in [1.165, 1.54) is 19.5 Å². The maximum Gasteiger partial charge on any atom is 0.243 e. The summed E-state index contributed by atoms with van der Waals surface area (Å²) in [5.41, 5.74) is 6.68. The Morgan fingerprint density at radius 2 is 2.06 bits per heavy atom. The Labute approximate surface area is 112 Å². The molecule has 0 aliphatic heterocycles. The van der Waals surface area contributed by atoms with Gasteiger partial charge in [0.05, 0.1) is 7.11 Å². The van der Waals surface area contributed by atoms with E-state index in [0.717, 1.165) is 4.47 Å². The van der Waals surface area contributed by atoms with Gasteiger partial charge in [-0.3, -0.25) is 4.79 Å². The van der Waals surface area contributed by atoms with Crippen molar-refractivity contribution in [3.63, 3.8) is 0 Å². The standard InChI is InChI=1S/C12H10BrN3O2/c1-18-12-10(15-4-5-16-12)11(17)8-6-7(13)2-3-9(8)14/h2-6H,14H2,1H3. The Morgan fingerprint density at radius 1 is 1.33 bits per heavy atom. The van der Waals surface area contributed by atoms with E-state index in [9.17, 15) is 4.79 Å². The van der Waals surface area contributed by atoms with E-state index in [4.69, 9.17) is 10.5 Å². The van der Waals surface area contributed by atoms with Crippen LogP contribution in [0.15, 0.2) is 35.1 Å². The van der Waals surface area contributed by atoms with Crippen molar-refractivity contribution in [3.05, 3.63) is 46.3 Å². The molecule has 92 valence electrons. The van der Waals surface area contributed by atoms with E-state index in [1.54, 1.807) is 18.2 Å². The lowest BCUT2D eigenvalue weighted by atomic mass is 10.1. The van der Waals surface area contributed by atoms with Gasteiger partial charge in [0, 0.05) is 28.1 Å². The number of nitrogen functional groups attached to an aromatic ring is 1. The molecule has 0 radical (unpaired) electrons. The zero-order chi connectivity index (χ0) is 13.1. The van der Waals surface area contributed by atoms with Crippen LogP contribution in [0.5, 0.6) is 5.88 Å². The van der Waals surface area contributed by atoms with Gasteiger partial charge >= 0.3 is 0 Å². The zero-order valence-electron chi connectivity index (χ0n) is 9.55. The molecule has 0 unspecified atom stereocenters. The van der Waals surface area contributed by atoms with Crippen LogP contribution in [-0.2, 0) is 0 Å². The molecule has 2 N–H and O–H groups in total. The summed E-state index contributed by atoms with van der Waals surface area (Å²) < 4.78 is 5.78. The molecule has 5 nitrogen and oxygen atoms in total. The van der Waals surface area contributed by atoms with Crippen molar-refractivity contribution in [2.75, 3.05) is 12.8 Å². The summed E-state index contributed by atoms with van der Waals surface area (Å²) in [7, 11) is 1.44. The molecule has 1 aromatic carbocycles. The average molecular weight is 308 g/mol. The molecule has 0 amide bonds. The van der Waals surface area contributed by atoms with Crippen LogP contribution in [0.25, 0.3) is 0 Å². The molecule has 0 spiro atoms. The van der Waals surface area contributed by atoms with Crippen LogP contribution in [0, 0.1) is 0 Å². The van der Waals surface area contributed by atoms with Gasteiger partial charge in [0.25, 0.3) is 0 Å². The van der Waals surface area contributed by atoms with E-state index in [0.29, 0.717) is 11.3 Å². The van der Waals surface area contributed by atoms with Crippen molar-refractivity contribution in [3.8, 4) is 5.88 Å². The van der Waals surface area contributed by atoms with Crippen LogP contribution in [0.4, 0.5) is 5.69 Å². The number of nitrogens with two attached hydrogens (primary N) is 1. The van der Waals surface area contributed by atoms with Crippen LogP contribution in [0.1, 0.15) is 16.1 Å². The molecule has 0 aliphatic carbocycles. The van der Waals surface area contributed by atoms with Crippen LogP contribution < -0.4 is 10.5 Å². The number of methoxy groups -OCH3 is 1. The third-order valence-electron chi connectivity index (χ3n) is 2.33. The second kappa shape index (κ2) is 5.14. The first-order valence-electron chi connectivity index (χ1n) is 5.08. The van der Waals surface area contributed by atoms with Crippen LogP contribution >= 0.6 is 15.9 Å². The molecule has 1 heterocycles. The predicted molar refractivity (Wildman–Crippen MR) is 70.6 cm³/mol. The van der Waals surface area contributed by atoms with Gasteiger partial charge in [-0.15, -0.1) is 0 Å². The number of nitrogens with zero attached hydrogens (tertiary/aromatic N) is 2. The molecule has 1 aromatic heterocycles. The monoisotopic (exact) mass is 307 g/mol. The Bertz CT molecular complexity index is 602. The van der Waals surface area contributed by atoms with Gasteiger partial charge in [-0.1, -0.05) is 15.9 Å². The number of ketones is 1. The van der Waals surface area contributed by atoms with Gasteiger partial charge in [0.2, 0.25) is 11.7 Å². The minimum atomic E-state index is -0.321. The number of aromatic nitrogens is 2. The molecule has 6 heteroatoms. The van der Waals surface area contributed by atoms with Crippen molar-refractivity contribution >= 4 is 27.4 Å². The van der Waals surface area contributed by atoms with E-state index >= 15 is 0 Å². The highest BCUT2D eigenvalue weighted by Gasteiger charge is 2.19. The Balaban J connectivity index is 2.51. The van der Waals surface area contributed by atoms with Gasteiger partial charge < -0.3 is 10.5 Å². The van der Waals surface area contributed by atoms with Gasteiger partial charge in [-0.2, -0.15) is 0 Å². The van der Waals surface area contributed by atoms with Crippen molar-refractivity contribution in [2.45, 2.75) is 0 Å². The lowest BCUT2D eigenvalue weighted by Crippen LogP contribution is -2.10. The Morgan fingerprint density at radius 3 is 2.78 bits per heavy atom. The maximum absolute atomic E-state index is 12.3. The smallest absolute Gasteiger partial charge is 0.243 e. The number of halogens is 1. The number of carbonyl (C=O) groups is 1. The number of rotatable bonds is 3. The lowest BCUT2D eigenvalue weighted by molar-refractivity contribution is 0.103. The summed E-state index contributed by atoms with van der Waals surface area (Å²) in [6.45, 7) is 0. The summed E-state index contributed by atoms with van der Waals surface area (Å²) in [5.74, 6) is -0.138. The zero-order valence-corrected chi connectivity index (χ0v) is 11.1. The molecule has 2 rings (SSSR count). The fourth-order valence-electron chi connectivity index (χ4n) is 1.48. The first-order chi connectivity index (χ1) is 8.63. The topological polar surface area (TPSA) is 78.1 Å². The number of hydrogen-bond donors (Lipinski definition) is 1. The van der Waals surface area contributed by atoms with Gasteiger partial charge in [-0.25, -0.2) is 9.97 Å². The molecule has 0 atom stereocenters. The Kier molecular flexibility index (Phi) is 3.57. The number of carbonyl (C=O) groups excluding carboxylic acids is 1. The van der Waals surface area contributed by atoms with Crippen LogP contribution in [0.3, 0.4) is 0 Å². The molecule has 0 bridgehead atoms. The van der Waals surface area contributed by atoms with Gasteiger partial charge in [0.15, 0.2) is 5.69 Å².